The maximum Gasteiger partial charge on any atom is 0.136 e. The number of methoxy groups -OCH3 is 1. The molecule has 1 aromatic rings. The molecule has 0 spiro atoms. The number of ketones is 1. The molecule has 86 valence electrons. The highest BCUT2D eigenvalue weighted by molar-refractivity contribution is 9.10. The number of aryl methyl sites for hydroxylation is 1. The summed E-state index contributed by atoms with van der Waals surface area (Å²) in [5, 5.41) is 0. The lowest BCUT2D eigenvalue weighted by molar-refractivity contribution is -0.120. The largest absolute Gasteiger partial charge is 0.497 e. The molecule has 0 amide bonds. The van der Waals surface area contributed by atoms with Gasteiger partial charge in [0.2, 0.25) is 0 Å². The molecular weight excluding hydrogens is 268 g/mol. The van der Waals surface area contributed by atoms with E-state index in [0.717, 1.165) is 35.0 Å². The van der Waals surface area contributed by atoms with Crippen LogP contribution < -0.4 is 4.74 Å². The summed E-state index contributed by atoms with van der Waals surface area (Å²) in [6, 6.07) is 5.87. The Morgan fingerprint density at radius 2 is 2.25 bits per heavy atom. The highest BCUT2D eigenvalue weighted by Crippen LogP contribution is 2.32. The van der Waals surface area contributed by atoms with Gasteiger partial charge in [-0.25, -0.2) is 0 Å². The van der Waals surface area contributed by atoms with Crippen LogP contribution in [0.4, 0.5) is 0 Å². The first-order chi connectivity index (χ1) is 7.70. The van der Waals surface area contributed by atoms with Crippen LogP contribution in [-0.2, 0) is 11.2 Å². The molecule has 3 heteroatoms. The monoisotopic (exact) mass is 282 g/mol. The Morgan fingerprint density at radius 3 is 2.88 bits per heavy atom. The average Bonchev–Trinajstić information content (AvgIpc) is 3.11. The van der Waals surface area contributed by atoms with Crippen molar-refractivity contribution >= 4 is 21.7 Å². The zero-order chi connectivity index (χ0) is 11.5. The van der Waals surface area contributed by atoms with Crippen LogP contribution >= 0.6 is 15.9 Å². The molecule has 0 aliphatic heterocycles. The van der Waals surface area contributed by atoms with Gasteiger partial charge in [-0.05, 0) is 43.0 Å². The van der Waals surface area contributed by atoms with Gasteiger partial charge >= 0.3 is 0 Å². The molecule has 0 unspecified atom stereocenters. The van der Waals surface area contributed by atoms with E-state index in [2.05, 4.69) is 15.9 Å². The molecule has 1 fully saturated rings. The lowest BCUT2D eigenvalue weighted by atomic mass is 10.1. The first kappa shape index (κ1) is 11.6. The molecule has 0 saturated heterocycles. The smallest absolute Gasteiger partial charge is 0.136 e. The summed E-state index contributed by atoms with van der Waals surface area (Å²) in [7, 11) is 1.66. The predicted octanol–water partition coefficient (Wildman–Crippen LogP) is 3.37. The molecule has 2 nitrogen and oxygen atoms in total. The van der Waals surface area contributed by atoms with Crippen molar-refractivity contribution in [3.05, 3.63) is 28.2 Å². The van der Waals surface area contributed by atoms with E-state index in [9.17, 15) is 4.79 Å². The van der Waals surface area contributed by atoms with Crippen molar-refractivity contribution in [3.8, 4) is 5.75 Å². The predicted molar refractivity (Wildman–Crippen MR) is 66.7 cm³/mol. The molecule has 1 aliphatic rings. The van der Waals surface area contributed by atoms with E-state index in [1.54, 1.807) is 7.11 Å². The molecule has 0 heterocycles. The van der Waals surface area contributed by atoms with E-state index in [1.165, 1.54) is 0 Å². The molecule has 16 heavy (non-hydrogen) atoms. The Hall–Kier alpha value is -0.830. The topological polar surface area (TPSA) is 26.3 Å². The number of ether oxygens (including phenoxy) is 1. The Morgan fingerprint density at radius 1 is 1.50 bits per heavy atom. The Labute approximate surface area is 104 Å². The summed E-state index contributed by atoms with van der Waals surface area (Å²) >= 11 is 3.50. The number of hydrogen-bond acceptors (Lipinski definition) is 2. The van der Waals surface area contributed by atoms with Crippen LogP contribution in [0.5, 0.6) is 5.75 Å². The maximum absolute atomic E-state index is 11.6. The molecule has 0 N–H and O–H groups in total. The fraction of sp³-hybridized carbons (Fsp3) is 0.462. The van der Waals surface area contributed by atoms with Crippen molar-refractivity contribution in [1.82, 2.24) is 0 Å². The molecule has 2 rings (SSSR count). The van der Waals surface area contributed by atoms with Crippen LogP contribution in [0.2, 0.25) is 0 Å². The highest BCUT2D eigenvalue weighted by Gasteiger charge is 2.28. The van der Waals surface area contributed by atoms with Crippen molar-refractivity contribution in [1.29, 1.82) is 0 Å². The van der Waals surface area contributed by atoms with Gasteiger partial charge in [-0.2, -0.15) is 0 Å². The summed E-state index contributed by atoms with van der Waals surface area (Å²) in [6.07, 6.45) is 3.64. The zero-order valence-electron chi connectivity index (χ0n) is 9.33. The lowest BCUT2D eigenvalue weighted by Gasteiger charge is -2.06. The van der Waals surface area contributed by atoms with Crippen molar-refractivity contribution in [2.45, 2.75) is 25.7 Å². The SMILES string of the molecule is COc1ccc(Br)c(CCC(=O)C2CC2)c1. The number of Topliss-reactive ketones (excluding diaryl/α,β-unsaturated/α-hetero) is 1. The second kappa shape index (κ2) is 5.00. The van der Waals surface area contributed by atoms with E-state index < -0.39 is 0 Å². The van der Waals surface area contributed by atoms with E-state index in [1.807, 2.05) is 18.2 Å². The molecule has 0 aromatic heterocycles. The van der Waals surface area contributed by atoms with Crippen molar-refractivity contribution < 1.29 is 9.53 Å². The third-order valence-corrected chi connectivity index (χ3v) is 3.70. The van der Waals surface area contributed by atoms with Gasteiger partial charge in [0, 0.05) is 16.8 Å². The maximum atomic E-state index is 11.6. The summed E-state index contributed by atoms with van der Waals surface area (Å²) in [6.45, 7) is 0. The van der Waals surface area contributed by atoms with Crippen molar-refractivity contribution in [2.75, 3.05) is 7.11 Å². The number of carbonyl (C=O) groups is 1. The number of benzene rings is 1. The van der Waals surface area contributed by atoms with Crippen LogP contribution in [-0.4, -0.2) is 12.9 Å². The molecule has 0 bridgehead atoms. The lowest BCUT2D eigenvalue weighted by Crippen LogP contribution is -2.02. The Bertz CT molecular complexity index is 397. The highest BCUT2D eigenvalue weighted by atomic mass is 79.9. The summed E-state index contributed by atoms with van der Waals surface area (Å²) < 4.78 is 6.22. The van der Waals surface area contributed by atoms with Crippen LogP contribution in [0.3, 0.4) is 0 Å². The minimum absolute atomic E-state index is 0.365. The van der Waals surface area contributed by atoms with E-state index >= 15 is 0 Å². The van der Waals surface area contributed by atoms with Gasteiger partial charge in [0.1, 0.15) is 11.5 Å². The van der Waals surface area contributed by atoms with Crippen LogP contribution in [0.1, 0.15) is 24.8 Å². The second-order valence-electron chi connectivity index (χ2n) is 4.20. The van der Waals surface area contributed by atoms with Crippen LogP contribution in [0.15, 0.2) is 22.7 Å². The summed E-state index contributed by atoms with van der Waals surface area (Å²) in [4.78, 5) is 11.6. The quantitative estimate of drug-likeness (QED) is 0.828. The zero-order valence-corrected chi connectivity index (χ0v) is 10.9. The van der Waals surface area contributed by atoms with Gasteiger partial charge in [0.05, 0.1) is 7.11 Å². The van der Waals surface area contributed by atoms with Gasteiger partial charge < -0.3 is 4.74 Å². The van der Waals surface area contributed by atoms with Crippen molar-refractivity contribution in [3.63, 3.8) is 0 Å². The molecule has 1 aromatic carbocycles. The van der Waals surface area contributed by atoms with Gasteiger partial charge in [0.15, 0.2) is 0 Å². The average molecular weight is 283 g/mol. The standard InChI is InChI=1S/C13H15BrO2/c1-16-11-5-6-12(14)10(8-11)4-7-13(15)9-2-3-9/h5-6,8-9H,2-4,7H2,1H3. The van der Waals surface area contributed by atoms with E-state index in [4.69, 9.17) is 4.74 Å². The van der Waals surface area contributed by atoms with E-state index in [-0.39, 0.29) is 0 Å². The minimum Gasteiger partial charge on any atom is -0.497 e. The number of rotatable bonds is 5. The molecule has 1 aliphatic carbocycles. The molecule has 0 atom stereocenters. The normalized spacial score (nSPS) is 14.9. The minimum atomic E-state index is 0.365. The van der Waals surface area contributed by atoms with Crippen molar-refractivity contribution in [2.24, 2.45) is 5.92 Å². The first-order valence-electron chi connectivity index (χ1n) is 5.56. The fourth-order valence-electron chi connectivity index (χ4n) is 1.74. The van der Waals surface area contributed by atoms with E-state index in [0.29, 0.717) is 18.1 Å². The number of hydrogen-bond donors (Lipinski definition) is 0. The van der Waals surface area contributed by atoms with Crippen LogP contribution in [0, 0.1) is 5.92 Å². The van der Waals surface area contributed by atoms with Crippen LogP contribution in [0.25, 0.3) is 0 Å². The summed E-state index contributed by atoms with van der Waals surface area (Å²) in [5.74, 6) is 1.62. The summed E-state index contributed by atoms with van der Waals surface area (Å²) in [5.41, 5.74) is 1.15. The third kappa shape index (κ3) is 2.85. The Balaban J connectivity index is 1.99. The number of carbonyl (C=O) groups excluding carboxylic acids is 1. The molecular formula is C13H15BrO2. The van der Waals surface area contributed by atoms with Gasteiger partial charge in [0.25, 0.3) is 0 Å². The van der Waals surface area contributed by atoms with Gasteiger partial charge in [-0.15, -0.1) is 0 Å². The van der Waals surface area contributed by atoms with Gasteiger partial charge in [-0.1, -0.05) is 15.9 Å². The Kier molecular flexibility index (Phi) is 3.64. The van der Waals surface area contributed by atoms with Gasteiger partial charge in [-0.3, -0.25) is 4.79 Å². The second-order valence-corrected chi connectivity index (χ2v) is 5.05. The molecule has 1 saturated carbocycles. The fourth-order valence-corrected chi connectivity index (χ4v) is 2.18. The first-order valence-corrected chi connectivity index (χ1v) is 6.35. The molecule has 0 radical (unpaired) electrons. The number of halogens is 1. The third-order valence-electron chi connectivity index (χ3n) is 2.93.